The molecule has 2 aliphatic rings. The summed E-state index contributed by atoms with van der Waals surface area (Å²) in [4.78, 5) is 13.5. The van der Waals surface area contributed by atoms with Gasteiger partial charge in [0.25, 0.3) is 6.23 Å². The van der Waals surface area contributed by atoms with Gasteiger partial charge in [-0.3, -0.25) is 4.79 Å². The predicted octanol–water partition coefficient (Wildman–Crippen LogP) is 7.12. The van der Waals surface area contributed by atoms with Crippen LogP contribution in [0.15, 0.2) is 99.0 Å². The average molecular weight is 562 g/mol. The van der Waals surface area contributed by atoms with E-state index in [-0.39, 0.29) is 11.8 Å². The monoisotopic (exact) mass is 560 g/mol. The van der Waals surface area contributed by atoms with Crippen molar-refractivity contribution >= 4 is 54.1 Å². The van der Waals surface area contributed by atoms with E-state index >= 15 is 0 Å². The first kappa shape index (κ1) is 20.6. The highest BCUT2D eigenvalue weighted by molar-refractivity contribution is 9.10. The van der Waals surface area contributed by atoms with Crippen LogP contribution in [-0.2, 0) is 0 Å². The fourth-order valence-corrected chi connectivity index (χ4v) is 5.17. The zero-order chi connectivity index (χ0) is 22.5. The van der Waals surface area contributed by atoms with Gasteiger partial charge in [-0.15, -0.1) is 0 Å². The molecule has 0 aromatic heterocycles. The number of hydrogen-bond donors (Lipinski definition) is 0. The van der Waals surface area contributed by atoms with Crippen LogP contribution >= 0.6 is 31.9 Å². The van der Waals surface area contributed by atoms with Crippen molar-refractivity contribution in [3.8, 4) is 5.75 Å². The van der Waals surface area contributed by atoms with Crippen LogP contribution in [0.4, 0.5) is 0 Å². The van der Waals surface area contributed by atoms with Gasteiger partial charge in [-0.05, 0) is 52.7 Å². The van der Waals surface area contributed by atoms with E-state index in [1.165, 1.54) is 10.8 Å². The van der Waals surface area contributed by atoms with Crippen LogP contribution in [0.25, 0.3) is 10.8 Å². The SMILES string of the molecule is O=C(c1ccc(Br)cc1)[C@@H]1Oc2ccc(Br)cc2[C@@H]2CC(c3ccc4ccccc4c3)=NN12. The van der Waals surface area contributed by atoms with Crippen molar-refractivity contribution in [1.29, 1.82) is 0 Å². The van der Waals surface area contributed by atoms with Gasteiger partial charge in [-0.2, -0.15) is 5.10 Å². The molecule has 33 heavy (non-hydrogen) atoms. The van der Waals surface area contributed by atoms with Crippen LogP contribution in [0, 0.1) is 0 Å². The van der Waals surface area contributed by atoms with Gasteiger partial charge in [0.05, 0.1) is 11.8 Å². The highest BCUT2D eigenvalue weighted by Crippen LogP contribution is 2.44. The number of halogens is 2. The van der Waals surface area contributed by atoms with Crippen molar-refractivity contribution in [3.05, 3.63) is 111 Å². The first-order valence-corrected chi connectivity index (χ1v) is 12.3. The van der Waals surface area contributed by atoms with Gasteiger partial charge in [-0.25, -0.2) is 5.01 Å². The second-order valence-electron chi connectivity index (χ2n) is 8.23. The van der Waals surface area contributed by atoms with Crippen molar-refractivity contribution in [1.82, 2.24) is 5.01 Å². The van der Waals surface area contributed by atoms with Crippen molar-refractivity contribution in [2.24, 2.45) is 5.10 Å². The maximum atomic E-state index is 13.5. The number of rotatable bonds is 3. The first-order valence-electron chi connectivity index (χ1n) is 10.7. The summed E-state index contributed by atoms with van der Waals surface area (Å²) in [6.45, 7) is 0. The number of fused-ring (bicyclic) bond motifs is 4. The molecule has 2 heterocycles. The fourth-order valence-electron chi connectivity index (χ4n) is 4.53. The molecule has 0 N–H and O–H groups in total. The molecule has 0 saturated heterocycles. The zero-order valence-corrected chi connectivity index (χ0v) is 20.6. The lowest BCUT2D eigenvalue weighted by Gasteiger charge is -2.37. The molecule has 4 aromatic carbocycles. The molecule has 2 atom stereocenters. The summed E-state index contributed by atoms with van der Waals surface area (Å²) in [6, 6.07) is 27.9. The third-order valence-electron chi connectivity index (χ3n) is 6.19. The van der Waals surface area contributed by atoms with Gasteiger partial charge < -0.3 is 4.74 Å². The number of benzene rings is 4. The Kier molecular flexibility index (Phi) is 5.07. The molecule has 0 amide bonds. The third-order valence-corrected chi connectivity index (χ3v) is 7.21. The van der Waals surface area contributed by atoms with Gasteiger partial charge in [0.2, 0.25) is 5.78 Å². The van der Waals surface area contributed by atoms with E-state index < -0.39 is 6.23 Å². The van der Waals surface area contributed by atoms with Gasteiger partial charge in [-0.1, -0.05) is 80.4 Å². The lowest BCUT2D eigenvalue weighted by atomic mass is 9.95. The number of hydrazone groups is 1. The van der Waals surface area contributed by atoms with Crippen molar-refractivity contribution < 1.29 is 9.53 Å². The van der Waals surface area contributed by atoms with Gasteiger partial charge in [0.15, 0.2) is 0 Å². The number of carbonyl (C=O) groups excluding carboxylic acids is 1. The van der Waals surface area contributed by atoms with Crippen LogP contribution in [0.5, 0.6) is 5.75 Å². The van der Waals surface area contributed by atoms with E-state index in [0.717, 1.165) is 31.5 Å². The van der Waals surface area contributed by atoms with Crippen LogP contribution < -0.4 is 4.74 Å². The molecule has 2 aliphatic heterocycles. The first-order chi connectivity index (χ1) is 16.1. The number of Topliss-reactive ketones (excluding diaryl/α,β-unsaturated/α-hetero) is 1. The number of hydrogen-bond acceptors (Lipinski definition) is 4. The molecular weight excluding hydrogens is 544 g/mol. The molecular formula is C27H18Br2N2O2. The summed E-state index contributed by atoms with van der Waals surface area (Å²) in [5, 5.41) is 9.14. The lowest BCUT2D eigenvalue weighted by Crippen LogP contribution is -2.45. The minimum Gasteiger partial charge on any atom is -0.461 e. The quantitative estimate of drug-likeness (QED) is 0.250. The number of ketones is 1. The smallest absolute Gasteiger partial charge is 0.251 e. The molecule has 6 rings (SSSR count). The van der Waals surface area contributed by atoms with Gasteiger partial charge >= 0.3 is 0 Å². The summed E-state index contributed by atoms with van der Waals surface area (Å²) in [6.07, 6.45) is -0.113. The Hall–Kier alpha value is -2.96. The van der Waals surface area contributed by atoms with Gasteiger partial charge in [0.1, 0.15) is 5.75 Å². The minimum absolute atomic E-state index is 0.0721. The maximum absolute atomic E-state index is 13.5. The molecule has 4 aromatic rings. The molecule has 162 valence electrons. The van der Waals surface area contributed by atoms with E-state index in [2.05, 4.69) is 68.3 Å². The Morgan fingerprint density at radius 3 is 2.45 bits per heavy atom. The lowest BCUT2D eigenvalue weighted by molar-refractivity contribution is -0.00459. The second-order valence-corrected chi connectivity index (χ2v) is 10.1. The zero-order valence-electron chi connectivity index (χ0n) is 17.4. The number of carbonyl (C=O) groups is 1. The molecule has 0 unspecified atom stereocenters. The molecule has 4 nitrogen and oxygen atoms in total. The van der Waals surface area contributed by atoms with Crippen molar-refractivity contribution in [2.75, 3.05) is 0 Å². The summed E-state index contributed by atoms with van der Waals surface area (Å²) < 4.78 is 8.14. The summed E-state index contributed by atoms with van der Waals surface area (Å²) in [7, 11) is 0. The van der Waals surface area contributed by atoms with E-state index in [4.69, 9.17) is 9.84 Å². The highest BCUT2D eigenvalue weighted by Gasteiger charge is 2.43. The third kappa shape index (κ3) is 3.67. The Bertz CT molecular complexity index is 1430. The standard InChI is InChI=1S/C27H18Br2N2O2/c28-20-9-7-17(8-10-20)26(32)27-31-24(22-14-21(29)11-12-25(22)33-27)15-23(30-31)19-6-5-16-3-1-2-4-18(16)13-19/h1-14,24,27H,15H2/t24-,27-/m0/s1. The van der Waals surface area contributed by atoms with Crippen LogP contribution in [0.2, 0.25) is 0 Å². The normalized spacial score (nSPS) is 19.0. The minimum atomic E-state index is -0.817. The number of nitrogens with zero attached hydrogens (tertiary/aromatic N) is 2. The Labute approximate surface area is 208 Å². The Morgan fingerprint density at radius 1 is 0.879 bits per heavy atom. The fraction of sp³-hybridized carbons (Fsp3) is 0.111. The molecule has 6 heteroatoms. The molecule has 0 spiro atoms. The summed E-state index contributed by atoms with van der Waals surface area (Å²) in [5.41, 5.74) is 3.64. The van der Waals surface area contributed by atoms with Gasteiger partial charge in [0, 0.05) is 26.5 Å². The van der Waals surface area contributed by atoms with Crippen LogP contribution in [0.3, 0.4) is 0 Å². The van der Waals surface area contributed by atoms with Crippen molar-refractivity contribution in [2.45, 2.75) is 18.7 Å². The maximum Gasteiger partial charge on any atom is 0.251 e. The number of ether oxygens (including phenoxy) is 1. The van der Waals surface area contributed by atoms with E-state index in [1.807, 2.05) is 53.5 Å². The molecule has 0 aliphatic carbocycles. The predicted molar refractivity (Wildman–Crippen MR) is 137 cm³/mol. The van der Waals surface area contributed by atoms with Crippen LogP contribution in [0.1, 0.15) is 33.9 Å². The van der Waals surface area contributed by atoms with E-state index in [9.17, 15) is 4.79 Å². The Balaban J connectivity index is 1.43. The molecule has 0 fully saturated rings. The average Bonchev–Trinajstić information content (AvgIpc) is 3.29. The van der Waals surface area contributed by atoms with E-state index in [1.54, 1.807) is 0 Å². The van der Waals surface area contributed by atoms with E-state index in [0.29, 0.717) is 12.0 Å². The summed E-state index contributed by atoms with van der Waals surface area (Å²) in [5.74, 6) is 0.620. The summed E-state index contributed by atoms with van der Waals surface area (Å²) >= 11 is 7.01. The largest absolute Gasteiger partial charge is 0.461 e. The molecule has 0 saturated carbocycles. The highest BCUT2D eigenvalue weighted by atomic mass is 79.9. The Morgan fingerprint density at radius 2 is 1.64 bits per heavy atom. The second kappa shape index (κ2) is 8.12. The molecule has 0 radical (unpaired) electrons. The topological polar surface area (TPSA) is 41.9 Å². The molecule has 0 bridgehead atoms. The van der Waals surface area contributed by atoms with Crippen molar-refractivity contribution in [3.63, 3.8) is 0 Å². The van der Waals surface area contributed by atoms with Crippen LogP contribution in [-0.4, -0.2) is 22.7 Å².